The van der Waals surface area contributed by atoms with Gasteiger partial charge in [-0.3, -0.25) is 0 Å². The van der Waals surface area contributed by atoms with Gasteiger partial charge in [0, 0.05) is 18.2 Å². The van der Waals surface area contributed by atoms with E-state index in [1.807, 2.05) is 32.0 Å². The lowest BCUT2D eigenvalue weighted by Crippen LogP contribution is -2.18. The lowest BCUT2D eigenvalue weighted by Gasteiger charge is -2.13. The van der Waals surface area contributed by atoms with Gasteiger partial charge in [-0.1, -0.05) is 29.3 Å². The molecular formula is C15H17Cl2NO. The van der Waals surface area contributed by atoms with Gasteiger partial charge >= 0.3 is 0 Å². The van der Waals surface area contributed by atoms with E-state index >= 15 is 0 Å². The highest BCUT2D eigenvalue weighted by molar-refractivity contribution is 6.42. The first-order valence-electron chi connectivity index (χ1n) is 6.21. The fraction of sp³-hybridized carbons (Fsp3) is 0.333. The van der Waals surface area contributed by atoms with Crippen LogP contribution < -0.4 is 5.32 Å². The minimum absolute atomic E-state index is 0.229. The third-order valence-electron chi connectivity index (χ3n) is 3.14. The van der Waals surface area contributed by atoms with Crippen LogP contribution in [0.15, 0.2) is 28.7 Å². The van der Waals surface area contributed by atoms with Crippen molar-refractivity contribution in [2.75, 3.05) is 0 Å². The highest BCUT2D eigenvalue weighted by Crippen LogP contribution is 2.24. The first kappa shape index (κ1) is 14.4. The quantitative estimate of drug-likeness (QED) is 0.854. The smallest absolute Gasteiger partial charge is 0.105 e. The zero-order valence-corrected chi connectivity index (χ0v) is 12.8. The van der Waals surface area contributed by atoms with Crippen LogP contribution >= 0.6 is 23.2 Å². The van der Waals surface area contributed by atoms with Crippen molar-refractivity contribution in [2.24, 2.45) is 0 Å². The Kier molecular flexibility index (Phi) is 4.56. The second-order valence-corrected chi connectivity index (χ2v) is 5.53. The van der Waals surface area contributed by atoms with Gasteiger partial charge in [-0.2, -0.15) is 0 Å². The molecule has 0 aliphatic heterocycles. The zero-order valence-electron chi connectivity index (χ0n) is 11.3. The van der Waals surface area contributed by atoms with Crippen molar-refractivity contribution < 1.29 is 4.42 Å². The van der Waals surface area contributed by atoms with Gasteiger partial charge in [0.1, 0.15) is 11.5 Å². The molecule has 0 bridgehead atoms. The maximum atomic E-state index is 6.00. The molecule has 1 atom stereocenters. The molecular weight excluding hydrogens is 281 g/mol. The summed E-state index contributed by atoms with van der Waals surface area (Å²) >= 11 is 11.9. The van der Waals surface area contributed by atoms with Crippen molar-refractivity contribution in [3.05, 3.63) is 57.0 Å². The summed E-state index contributed by atoms with van der Waals surface area (Å²) < 4.78 is 5.54. The van der Waals surface area contributed by atoms with Gasteiger partial charge in [-0.15, -0.1) is 0 Å². The monoisotopic (exact) mass is 297 g/mol. The van der Waals surface area contributed by atoms with Crippen LogP contribution in [0.5, 0.6) is 0 Å². The van der Waals surface area contributed by atoms with Crippen molar-refractivity contribution >= 4 is 23.2 Å². The van der Waals surface area contributed by atoms with E-state index in [-0.39, 0.29) is 6.04 Å². The van der Waals surface area contributed by atoms with Gasteiger partial charge in [-0.25, -0.2) is 0 Å². The minimum atomic E-state index is 0.229. The number of benzene rings is 1. The van der Waals surface area contributed by atoms with Crippen LogP contribution in [-0.4, -0.2) is 0 Å². The molecule has 1 unspecified atom stereocenters. The summed E-state index contributed by atoms with van der Waals surface area (Å²) in [5, 5.41) is 4.62. The summed E-state index contributed by atoms with van der Waals surface area (Å²) in [5.74, 6) is 1.90. The molecule has 102 valence electrons. The largest absolute Gasteiger partial charge is 0.466 e. The number of hydrogen-bond acceptors (Lipinski definition) is 2. The third-order valence-corrected chi connectivity index (χ3v) is 3.88. The molecule has 2 rings (SSSR count). The molecule has 1 aromatic carbocycles. The van der Waals surface area contributed by atoms with E-state index in [1.54, 1.807) is 0 Å². The number of furan rings is 1. The number of aryl methyl sites for hydroxylation is 2. The SMILES string of the molecule is Cc1cc(C(C)NCc2ccc(Cl)c(Cl)c2)c(C)o1. The summed E-state index contributed by atoms with van der Waals surface area (Å²) in [6.45, 7) is 6.80. The highest BCUT2D eigenvalue weighted by Gasteiger charge is 2.12. The first-order valence-corrected chi connectivity index (χ1v) is 6.97. The first-order chi connectivity index (χ1) is 8.97. The summed E-state index contributed by atoms with van der Waals surface area (Å²) in [4.78, 5) is 0. The van der Waals surface area contributed by atoms with E-state index in [4.69, 9.17) is 27.6 Å². The molecule has 2 nitrogen and oxygen atoms in total. The molecule has 0 saturated carbocycles. The van der Waals surface area contributed by atoms with Gasteiger partial charge in [0.2, 0.25) is 0 Å². The van der Waals surface area contributed by atoms with Gasteiger partial charge in [0.25, 0.3) is 0 Å². The van der Waals surface area contributed by atoms with Gasteiger partial charge in [-0.05, 0) is 44.5 Å². The molecule has 0 aliphatic carbocycles. The van der Waals surface area contributed by atoms with Crippen molar-refractivity contribution in [1.82, 2.24) is 5.32 Å². The molecule has 19 heavy (non-hydrogen) atoms. The predicted molar refractivity (Wildman–Crippen MR) is 79.9 cm³/mol. The average Bonchev–Trinajstić information content (AvgIpc) is 2.70. The number of hydrogen-bond donors (Lipinski definition) is 1. The molecule has 0 spiro atoms. The van der Waals surface area contributed by atoms with Crippen LogP contribution in [0.1, 0.15) is 35.6 Å². The Morgan fingerprint density at radius 1 is 1.16 bits per heavy atom. The summed E-state index contributed by atoms with van der Waals surface area (Å²) in [5.41, 5.74) is 2.30. The lowest BCUT2D eigenvalue weighted by atomic mass is 10.1. The fourth-order valence-electron chi connectivity index (χ4n) is 2.11. The molecule has 0 fully saturated rings. The minimum Gasteiger partial charge on any atom is -0.466 e. The van der Waals surface area contributed by atoms with Crippen LogP contribution in [0.2, 0.25) is 10.0 Å². The lowest BCUT2D eigenvalue weighted by molar-refractivity contribution is 0.489. The maximum Gasteiger partial charge on any atom is 0.105 e. The molecule has 0 amide bonds. The predicted octanol–water partition coefficient (Wildman–Crippen LogP) is 5.05. The van der Waals surface area contributed by atoms with Crippen LogP contribution in [0.3, 0.4) is 0 Å². The zero-order chi connectivity index (χ0) is 14.0. The van der Waals surface area contributed by atoms with Crippen LogP contribution in [-0.2, 0) is 6.54 Å². The average molecular weight is 298 g/mol. The second kappa shape index (κ2) is 6.00. The molecule has 1 heterocycles. The van der Waals surface area contributed by atoms with Crippen molar-refractivity contribution in [3.8, 4) is 0 Å². The van der Waals surface area contributed by atoms with E-state index in [1.165, 1.54) is 5.56 Å². The highest BCUT2D eigenvalue weighted by atomic mass is 35.5. The molecule has 2 aromatic rings. The van der Waals surface area contributed by atoms with E-state index in [2.05, 4.69) is 18.3 Å². The standard InChI is InChI=1S/C15H17Cl2NO/c1-9-6-13(11(3)19-9)10(2)18-8-12-4-5-14(16)15(17)7-12/h4-7,10,18H,8H2,1-3H3. The number of rotatable bonds is 4. The fourth-order valence-corrected chi connectivity index (χ4v) is 2.43. The van der Waals surface area contributed by atoms with E-state index in [0.29, 0.717) is 10.0 Å². The topological polar surface area (TPSA) is 25.2 Å². The van der Waals surface area contributed by atoms with Crippen LogP contribution in [0.25, 0.3) is 0 Å². The van der Waals surface area contributed by atoms with E-state index in [9.17, 15) is 0 Å². The van der Waals surface area contributed by atoms with Crippen molar-refractivity contribution in [3.63, 3.8) is 0 Å². The van der Waals surface area contributed by atoms with Gasteiger partial charge in [0.05, 0.1) is 10.0 Å². The van der Waals surface area contributed by atoms with Gasteiger partial charge < -0.3 is 9.73 Å². The summed E-state index contributed by atoms with van der Waals surface area (Å²) in [6, 6.07) is 7.98. The van der Waals surface area contributed by atoms with Crippen LogP contribution in [0, 0.1) is 13.8 Å². The van der Waals surface area contributed by atoms with Gasteiger partial charge in [0.15, 0.2) is 0 Å². The molecule has 1 N–H and O–H groups in total. The third kappa shape index (κ3) is 3.53. The Morgan fingerprint density at radius 3 is 2.47 bits per heavy atom. The summed E-state index contributed by atoms with van der Waals surface area (Å²) in [7, 11) is 0. The second-order valence-electron chi connectivity index (χ2n) is 4.72. The molecule has 0 radical (unpaired) electrons. The van der Waals surface area contributed by atoms with Crippen molar-refractivity contribution in [2.45, 2.75) is 33.4 Å². The van der Waals surface area contributed by atoms with Crippen LogP contribution in [0.4, 0.5) is 0 Å². The Labute approximate surface area is 123 Å². The molecule has 4 heteroatoms. The van der Waals surface area contributed by atoms with E-state index < -0.39 is 0 Å². The number of nitrogens with one attached hydrogen (secondary N) is 1. The van der Waals surface area contributed by atoms with Crippen molar-refractivity contribution in [1.29, 1.82) is 0 Å². The molecule has 1 aromatic heterocycles. The summed E-state index contributed by atoms with van der Waals surface area (Å²) in [6.07, 6.45) is 0. The molecule has 0 saturated heterocycles. The Balaban J connectivity index is 2.02. The molecule has 0 aliphatic rings. The number of halogens is 2. The maximum absolute atomic E-state index is 6.00. The Bertz CT molecular complexity index is 578. The normalized spacial score (nSPS) is 12.7. The van der Waals surface area contributed by atoms with E-state index in [0.717, 1.165) is 23.6 Å². The Morgan fingerprint density at radius 2 is 1.89 bits per heavy atom. The Hall–Kier alpha value is -0.960.